The Kier molecular flexibility index (Phi) is 5.82. The molecule has 0 aromatic heterocycles. The third-order valence-electron chi connectivity index (χ3n) is 3.77. The lowest BCUT2D eigenvalue weighted by atomic mass is 10.1. The molecular formula is C19H25NO2. The highest BCUT2D eigenvalue weighted by Gasteiger charge is 2.19. The van der Waals surface area contributed by atoms with E-state index >= 15 is 0 Å². The summed E-state index contributed by atoms with van der Waals surface area (Å²) in [5.41, 5.74) is 0. The molecule has 0 radical (unpaired) electrons. The number of amides is 1. The molecule has 2 rings (SSSR count). The summed E-state index contributed by atoms with van der Waals surface area (Å²) >= 11 is 0. The third-order valence-corrected chi connectivity index (χ3v) is 3.77. The van der Waals surface area contributed by atoms with Crippen LogP contribution >= 0.6 is 0 Å². The maximum Gasteiger partial charge on any atom is 0.261 e. The van der Waals surface area contributed by atoms with Crippen LogP contribution in [0.15, 0.2) is 42.5 Å². The van der Waals surface area contributed by atoms with Crippen molar-refractivity contribution in [3.63, 3.8) is 0 Å². The highest BCUT2D eigenvalue weighted by molar-refractivity contribution is 5.84. The second-order valence-corrected chi connectivity index (χ2v) is 5.72. The van der Waals surface area contributed by atoms with Gasteiger partial charge in [0.15, 0.2) is 6.10 Å². The highest BCUT2D eigenvalue weighted by Crippen LogP contribution is 2.22. The summed E-state index contributed by atoms with van der Waals surface area (Å²) in [5.74, 6) is 0.709. The summed E-state index contributed by atoms with van der Waals surface area (Å²) in [6, 6.07) is 14.3. The maximum absolute atomic E-state index is 12.3. The van der Waals surface area contributed by atoms with Crippen LogP contribution in [-0.2, 0) is 4.79 Å². The van der Waals surface area contributed by atoms with Crippen molar-refractivity contribution < 1.29 is 9.53 Å². The lowest BCUT2D eigenvalue weighted by Gasteiger charge is -2.20. The van der Waals surface area contributed by atoms with Gasteiger partial charge >= 0.3 is 0 Å². The molecule has 1 N–H and O–H groups in total. The van der Waals surface area contributed by atoms with E-state index in [0.29, 0.717) is 6.42 Å². The Hall–Kier alpha value is -2.03. The predicted molar refractivity (Wildman–Crippen MR) is 91.2 cm³/mol. The maximum atomic E-state index is 12.3. The van der Waals surface area contributed by atoms with Crippen molar-refractivity contribution in [2.45, 2.75) is 52.2 Å². The Balaban J connectivity index is 2.06. The molecule has 3 heteroatoms. The number of benzene rings is 2. The zero-order valence-electron chi connectivity index (χ0n) is 13.6. The number of rotatable bonds is 7. The van der Waals surface area contributed by atoms with Gasteiger partial charge in [-0.25, -0.2) is 0 Å². The molecule has 0 unspecified atom stereocenters. The van der Waals surface area contributed by atoms with E-state index in [1.54, 1.807) is 0 Å². The first-order valence-electron chi connectivity index (χ1n) is 8.09. The Morgan fingerprint density at radius 3 is 2.55 bits per heavy atom. The van der Waals surface area contributed by atoms with E-state index in [2.05, 4.69) is 18.3 Å². The van der Waals surface area contributed by atoms with Gasteiger partial charge in [-0.05, 0) is 42.7 Å². The average molecular weight is 299 g/mol. The van der Waals surface area contributed by atoms with Gasteiger partial charge in [0.1, 0.15) is 5.75 Å². The number of nitrogens with one attached hydrogen (secondary N) is 1. The Morgan fingerprint density at radius 1 is 1.14 bits per heavy atom. The molecule has 0 bridgehead atoms. The predicted octanol–water partition coefficient (Wildman–Crippen LogP) is 4.30. The lowest BCUT2D eigenvalue weighted by molar-refractivity contribution is -0.128. The second-order valence-electron chi connectivity index (χ2n) is 5.72. The van der Waals surface area contributed by atoms with E-state index in [1.165, 1.54) is 5.39 Å². The molecule has 0 spiro atoms. The molecule has 0 aliphatic heterocycles. The third kappa shape index (κ3) is 4.23. The second kappa shape index (κ2) is 7.83. The van der Waals surface area contributed by atoms with Crippen molar-refractivity contribution in [1.82, 2.24) is 5.32 Å². The zero-order valence-corrected chi connectivity index (χ0v) is 13.6. The summed E-state index contributed by atoms with van der Waals surface area (Å²) < 4.78 is 5.90. The normalized spacial score (nSPS) is 13.6. The Labute approximate surface area is 132 Å². The van der Waals surface area contributed by atoms with Gasteiger partial charge in [0.2, 0.25) is 0 Å². The van der Waals surface area contributed by atoms with Crippen molar-refractivity contribution in [2.75, 3.05) is 0 Å². The molecule has 2 aromatic carbocycles. The van der Waals surface area contributed by atoms with E-state index in [4.69, 9.17) is 4.74 Å². The molecule has 0 aliphatic carbocycles. The van der Waals surface area contributed by atoms with Gasteiger partial charge in [-0.3, -0.25) is 4.79 Å². The first-order valence-corrected chi connectivity index (χ1v) is 8.09. The van der Waals surface area contributed by atoms with Crippen LogP contribution in [0.25, 0.3) is 10.8 Å². The average Bonchev–Trinajstić information content (AvgIpc) is 2.52. The van der Waals surface area contributed by atoms with Gasteiger partial charge in [0.25, 0.3) is 5.91 Å². The largest absolute Gasteiger partial charge is 0.481 e. The van der Waals surface area contributed by atoms with E-state index in [-0.39, 0.29) is 11.9 Å². The monoisotopic (exact) mass is 299 g/mol. The van der Waals surface area contributed by atoms with Crippen LogP contribution in [0.2, 0.25) is 0 Å². The minimum absolute atomic E-state index is 0.0309. The first kappa shape index (κ1) is 16.3. The van der Waals surface area contributed by atoms with Crippen LogP contribution in [-0.4, -0.2) is 18.1 Å². The van der Waals surface area contributed by atoms with Crippen molar-refractivity contribution in [3.05, 3.63) is 42.5 Å². The van der Waals surface area contributed by atoms with Gasteiger partial charge in [0, 0.05) is 6.04 Å². The van der Waals surface area contributed by atoms with Crippen LogP contribution in [0.1, 0.15) is 40.0 Å². The molecular weight excluding hydrogens is 274 g/mol. The molecule has 118 valence electrons. The summed E-state index contributed by atoms with van der Waals surface area (Å²) in [5, 5.41) is 5.32. The Bertz CT molecular complexity index is 624. The molecule has 3 nitrogen and oxygen atoms in total. The van der Waals surface area contributed by atoms with Crippen LogP contribution in [0, 0.1) is 0 Å². The van der Waals surface area contributed by atoms with E-state index in [9.17, 15) is 4.79 Å². The molecule has 1 amide bonds. The van der Waals surface area contributed by atoms with Crippen molar-refractivity contribution in [1.29, 1.82) is 0 Å². The molecule has 22 heavy (non-hydrogen) atoms. The fourth-order valence-electron chi connectivity index (χ4n) is 2.57. The van der Waals surface area contributed by atoms with Crippen LogP contribution in [0.4, 0.5) is 0 Å². The van der Waals surface area contributed by atoms with Gasteiger partial charge in [-0.15, -0.1) is 0 Å². The molecule has 0 fully saturated rings. The van der Waals surface area contributed by atoms with Crippen molar-refractivity contribution >= 4 is 16.7 Å². The minimum atomic E-state index is -0.444. The van der Waals surface area contributed by atoms with Crippen molar-refractivity contribution in [3.8, 4) is 5.75 Å². The number of hydrogen-bond donors (Lipinski definition) is 1. The molecule has 0 aliphatic rings. The molecule has 0 heterocycles. The van der Waals surface area contributed by atoms with Gasteiger partial charge in [-0.1, -0.05) is 50.6 Å². The smallest absolute Gasteiger partial charge is 0.261 e. The minimum Gasteiger partial charge on any atom is -0.481 e. The quantitative estimate of drug-likeness (QED) is 0.827. The lowest BCUT2D eigenvalue weighted by Crippen LogP contribution is -2.42. The zero-order chi connectivity index (χ0) is 15.9. The van der Waals surface area contributed by atoms with Crippen LogP contribution < -0.4 is 10.1 Å². The standard InChI is InChI=1S/C19H25NO2/c1-4-8-14(3)20-19(21)18(5-2)22-17-12-11-15-9-6-7-10-16(15)13-17/h6-7,9-14,18H,4-5,8H2,1-3H3,(H,20,21)/t14-,18+/m1/s1. The van der Waals surface area contributed by atoms with Crippen LogP contribution in [0.5, 0.6) is 5.75 Å². The van der Waals surface area contributed by atoms with E-state index in [1.807, 2.05) is 50.2 Å². The SMILES string of the molecule is CCC[C@@H](C)NC(=O)[C@H](CC)Oc1ccc2ccccc2c1. The number of carbonyl (C=O) groups excluding carboxylic acids is 1. The van der Waals surface area contributed by atoms with Crippen LogP contribution in [0.3, 0.4) is 0 Å². The van der Waals surface area contributed by atoms with Gasteiger partial charge < -0.3 is 10.1 Å². The fraction of sp³-hybridized carbons (Fsp3) is 0.421. The first-order chi connectivity index (χ1) is 10.6. The number of fused-ring (bicyclic) bond motifs is 1. The summed E-state index contributed by atoms with van der Waals surface area (Å²) in [7, 11) is 0. The summed E-state index contributed by atoms with van der Waals surface area (Å²) in [4.78, 5) is 12.3. The highest BCUT2D eigenvalue weighted by atomic mass is 16.5. The van der Waals surface area contributed by atoms with E-state index in [0.717, 1.165) is 24.0 Å². The topological polar surface area (TPSA) is 38.3 Å². The molecule has 0 saturated carbocycles. The Morgan fingerprint density at radius 2 is 1.86 bits per heavy atom. The number of carbonyl (C=O) groups is 1. The van der Waals surface area contributed by atoms with Gasteiger partial charge in [0.05, 0.1) is 0 Å². The molecule has 0 saturated heterocycles. The van der Waals surface area contributed by atoms with Crippen molar-refractivity contribution in [2.24, 2.45) is 0 Å². The summed E-state index contributed by atoms with van der Waals surface area (Å²) in [6.07, 6.45) is 2.25. The van der Waals surface area contributed by atoms with Gasteiger partial charge in [-0.2, -0.15) is 0 Å². The summed E-state index contributed by atoms with van der Waals surface area (Å²) in [6.45, 7) is 6.12. The molecule has 2 aromatic rings. The molecule has 2 atom stereocenters. The number of ether oxygens (including phenoxy) is 1. The van der Waals surface area contributed by atoms with E-state index < -0.39 is 6.10 Å². The number of hydrogen-bond acceptors (Lipinski definition) is 2. The fourth-order valence-corrected chi connectivity index (χ4v) is 2.57.